The number of carbonyl (C=O) groups is 2. The lowest BCUT2D eigenvalue weighted by Crippen LogP contribution is -2.37. The second-order valence-electron chi connectivity index (χ2n) is 5.24. The number of nitrogens with one attached hydrogen (secondary N) is 1. The van der Waals surface area contributed by atoms with Crippen LogP contribution in [0.15, 0.2) is 0 Å². The molecule has 1 N–H and O–H groups in total. The fourth-order valence-electron chi connectivity index (χ4n) is 2.83. The van der Waals surface area contributed by atoms with E-state index in [0.717, 1.165) is 31.8 Å². The lowest BCUT2D eigenvalue weighted by Gasteiger charge is -2.23. The molecule has 0 bridgehead atoms. The van der Waals surface area contributed by atoms with E-state index in [0.29, 0.717) is 13.0 Å². The summed E-state index contributed by atoms with van der Waals surface area (Å²) >= 11 is 0. The molecule has 2 aliphatic heterocycles. The van der Waals surface area contributed by atoms with Crippen molar-refractivity contribution in [3.8, 4) is 0 Å². The molecular weight excluding hydrogens is 216 g/mol. The van der Waals surface area contributed by atoms with Gasteiger partial charge >= 0.3 is 0 Å². The van der Waals surface area contributed by atoms with Gasteiger partial charge in [0.15, 0.2) is 0 Å². The predicted octanol–water partition coefficient (Wildman–Crippen LogP) is 1.16. The Morgan fingerprint density at radius 1 is 1.41 bits per heavy atom. The van der Waals surface area contributed by atoms with Gasteiger partial charge in [-0.2, -0.15) is 0 Å². The number of hydrogen-bond donors (Lipinski definition) is 1. The Morgan fingerprint density at radius 3 is 2.88 bits per heavy atom. The summed E-state index contributed by atoms with van der Waals surface area (Å²) in [6, 6.07) is 0. The van der Waals surface area contributed by atoms with Gasteiger partial charge in [-0.3, -0.25) is 9.59 Å². The topological polar surface area (TPSA) is 49.4 Å². The molecule has 0 aliphatic carbocycles. The molecule has 0 saturated carbocycles. The summed E-state index contributed by atoms with van der Waals surface area (Å²) in [7, 11) is 0. The maximum absolute atomic E-state index is 12.2. The molecule has 2 rings (SSSR count). The van der Waals surface area contributed by atoms with Gasteiger partial charge in [0.05, 0.1) is 5.92 Å². The van der Waals surface area contributed by atoms with Gasteiger partial charge in [0.1, 0.15) is 0 Å². The molecule has 2 saturated heterocycles. The van der Waals surface area contributed by atoms with Crippen LogP contribution >= 0.6 is 0 Å². The zero-order chi connectivity index (χ0) is 12.3. The van der Waals surface area contributed by atoms with E-state index in [-0.39, 0.29) is 17.7 Å². The molecule has 0 spiro atoms. The second-order valence-corrected chi connectivity index (χ2v) is 5.24. The van der Waals surface area contributed by atoms with Crippen LogP contribution in [0, 0.1) is 11.8 Å². The van der Waals surface area contributed by atoms with Crippen molar-refractivity contribution >= 4 is 11.8 Å². The Hall–Kier alpha value is -1.06. The van der Waals surface area contributed by atoms with Gasteiger partial charge in [-0.05, 0) is 25.2 Å². The number of nitrogens with zero attached hydrogens (tertiary/aromatic N) is 1. The summed E-state index contributed by atoms with van der Waals surface area (Å²) in [4.78, 5) is 25.3. The average Bonchev–Trinajstić information content (AvgIpc) is 2.64. The largest absolute Gasteiger partial charge is 0.355 e. The molecule has 2 heterocycles. The van der Waals surface area contributed by atoms with Crippen LogP contribution in [-0.2, 0) is 9.59 Å². The molecule has 2 aliphatic rings. The van der Waals surface area contributed by atoms with Crippen LogP contribution in [0.4, 0.5) is 0 Å². The summed E-state index contributed by atoms with van der Waals surface area (Å²) in [5.74, 6) is 0.863. The van der Waals surface area contributed by atoms with Crippen molar-refractivity contribution in [1.82, 2.24) is 10.2 Å². The highest BCUT2D eigenvalue weighted by atomic mass is 16.2. The third-order valence-corrected chi connectivity index (χ3v) is 4.06. The van der Waals surface area contributed by atoms with Gasteiger partial charge in [-0.15, -0.1) is 0 Å². The summed E-state index contributed by atoms with van der Waals surface area (Å²) in [5.41, 5.74) is 0. The third-order valence-electron chi connectivity index (χ3n) is 4.06. The van der Waals surface area contributed by atoms with E-state index in [1.807, 2.05) is 4.90 Å². The molecule has 4 heteroatoms. The molecule has 17 heavy (non-hydrogen) atoms. The highest BCUT2D eigenvalue weighted by Gasteiger charge is 2.31. The summed E-state index contributed by atoms with van der Waals surface area (Å²) in [5, 5.41) is 2.74. The smallest absolute Gasteiger partial charge is 0.227 e. The molecule has 2 amide bonds. The van der Waals surface area contributed by atoms with Gasteiger partial charge in [0, 0.05) is 26.1 Å². The Labute approximate surface area is 103 Å². The zero-order valence-electron chi connectivity index (χ0n) is 10.6. The fraction of sp³-hybridized carbons (Fsp3) is 0.846. The number of rotatable bonds is 2. The minimum atomic E-state index is -0.110. The van der Waals surface area contributed by atoms with Crippen molar-refractivity contribution in [2.75, 3.05) is 19.6 Å². The monoisotopic (exact) mass is 238 g/mol. The molecule has 0 aromatic heterocycles. The van der Waals surface area contributed by atoms with Crippen LogP contribution < -0.4 is 5.32 Å². The Balaban J connectivity index is 1.89. The highest BCUT2D eigenvalue weighted by Crippen LogP contribution is 2.22. The number of carbonyl (C=O) groups excluding carboxylic acids is 2. The number of likely N-dealkylation sites (tertiary alicyclic amines) is 1. The second kappa shape index (κ2) is 5.52. The van der Waals surface area contributed by atoms with E-state index in [1.165, 1.54) is 12.8 Å². The minimum absolute atomic E-state index is 0.0182. The van der Waals surface area contributed by atoms with Crippen LogP contribution in [0.1, 0.15) is 39.0 Å². The van der Waals surface area contributed by atoms with Crippen LogP contribution in [0.2, 0.25) is 0 Å². The predicted molar refractivity (Wildman–Crippen MR) is 65.3 cm³/mol. The lowest BCUT2D eigenvalue weighted by molar-refractivity contribution is -0.135. The summed E-state index contributed by atoms with van der Waals surface area (Å²) in [6.07, 6.45) is 5.06. The maximum Gasteiger partial charge on any atom is 0.227 e. The lowest BCUT2D eigenvalue weighted by atomic mass is 9.98. The molecule has 96 valence electrons. The molecule has 0 radical (unpaired) electrons. The Morgan fingerprint density at radius 2 is 2.24 bits per heavy atom. The van der Waals surface area contributed by atoms with E-state index in [1.54, 1.807) is 0 Å². The normalized spacial score (nSPS) is 29.9. The fourth-order valence-corrected chi connectivity index (χ4v) is 2.83. The molecule has 4 nitrogen and oxygen atoms in total. The standard InChI is InChI=1S/C13H22N2O2/c1-2-10-4-3-6-15(7-5-10)13(17)11-8-12(16)14-9-11/h10-11H,2-9H2,1H3,(H,14,16). The highest BCUT2D eigenvalue weighted by molar-refractivity contribution is 5.89. The van der Waals surface area contributed by atoms with Crippen LogP contribution in [0.25, 0.3) is 0 Å². The van der Waals surface area contributed by atoms with Gasteiger partial charge in [-0.1, -0.05) is 13.3 Å². The maximum atomic E-state index is 12.2. The Kier molecular flexibility index (Phi) is 4.02. The van der Waals surface area contributed by atoms with Crippen molar-refractivity contribution < 1.29 is 9.59 Å². The van der Waals surface area contributed by atoms with E-state index in [9.17, 15) is 9.59 Å². The molecule has 0 aromatic rings. The van der Waals surface area contributed by atoms with Crippen molar-refractivity contribution in [1.29, 1.82) is 0 Å². The molecule has 2 atom stereocenters. The van der Waals surface area contributed by atoms with E-state index in [2.05, 4.69) is 12.2 Å². The average molecular weight is 238 g/mol. The van der Waals surface area contributed by atoms with Crippen molar-refractivity contribution in [3.63, 3.8) is 0 Å². The van der Waals surface area contributed by atoms with Gasteiger partial charge < -0.3 is 10.2 Å². The Bertz CT molecular complexity index is 304. The summed E-state index contributed by atoms with van der Waals surface area (Å²) < 4.78 is 0. The van der Waals surface area contributed by atoms with Gasteiger partial charge in [0.2, 0.25) is 11.8 Å². The molecular formula is C13H22N2O2. The van der Waals surface area contributed by atoms with Gasteiger partial charge in [-0.25, -0.2) is 0 Å². The molecule has 0 aromatic carbocycles. The SMILES string of the molecule is CCC1CCCN(C(=O)C2CNC(=O)C2)CC1. The van der Waals surface area contributed by atoms with Gasteiger partial charge in [0.25, 0.3) is 0 Å². The minimum Gasteiger partial charge on any atom is -0.355 e. The molecule has 2 fully saturated rings. The van der Waals surface area contributed by atoms with Crippen molar-refractivity contribution in [2.45, 2.75) is 39.0 Å². The first-order chi connectivity index (χ1) is 8.20. The van der Waals surface area contributed by atoms with Crippen LogP contribution in [-0.4, -0.2) is 36.3 Å². The van der Waals surface area contributed by atoms with Crippen molar-refractivity contribution in [3.05, 3.63) is 0 Å². The number of hydrogen-bond acceptors (Lipinski definition) is 2. The van der Waals surface area contributed by atoms with E-state index >= 15 is 0 Å². The first-order valence-electron chi connectivity index (χ1n) is 6.76. The quantitative estimate of drug-likeness (QED) is 0.785. The first-order valence-corrected chi connectivity index (χ1v) is 6.76. The van der Waals surface area contributed by atoms with Crippen LogP contribution in [0.3, 0.4) is 0 Å². The summed E-state index contributed by atoms with van der Waals surface area (Å²) in [6.45, 7) is 4.51. The zero-order valence-corrected chi connectivity index (χ0v) is 10.6. The van der Waals surface area contributed by atoms with E-state index < -0.39 is 0 Å². The van der Waals surface area contributed by atoms with E-state index in [4.69, 9.17) is 0 Å². The van der Waals surface area contributed by atoms with Crippen LogP contribution in [0.5, 0.6) is 0 Å². The third kappa shape index (κ3) is 2.99. The molecule has 2 unspecified atom stereocenters. The first kappa shape index (κ1) is 12.4. The number of amides is 2. The van der Waals surface area contributed by atoms with Crippen molar-refractivity contribution in [2.24, 2.45) is 11.8 Å².